The van der Waals surface area contributed by atoms with E-state index in [0.717, 1.165) is 19.6 Å². The van der Waals surface area contributed by atoms with Crippen molar-refractivity contribution in [3.63, 3.8) is 0 Å². The molecule has 0 aromatic rings. The van der Waals surface area contributed by atoms with Gasteiger partial charge in [0.15, 0.2) is 0 Å². The number of hydrazone groups is 1. The second-order valence-corrected chi connectivity index (χ2v) is 3.76. The molecule has 3 heteroatoms. The van der Waals surface area contributed by atoms with Crippen LogP contribution in [-0.2, 0) is 0 Å². The molecule has 0 aliphatic carbocycles. The van der Waals surface area contributed by atoms with Crippen molar-refractivity contribution in [1.82, 2.24) is 10.3 Å². The van der Waals surface area contributed by atoms with E-state index in [1.165, 1.54) is 5.71 Å². The van der Waals surface area contributed by atoms with Crippen LogP contribution in [-0.4, -0.2) is 36.3 Å². The van der Waals surface area contributed by atoms with Crippen LogP contribution in [0.15, 0.2) is 5.10 Å². The third-order valence-electron chi connectivity index (χ3n) is 3.02. The van der Waals surface area contributed by atoms with Crippen LogP contribution in [0.4, 0.5) is 0 Å². The molecule has 0 saturated carbocycles. The van der Waals surface area contributed by atoms with Crippen molar-refractivity contribution in [2.24, 2.45) is 11.0 Å². The van der Waals surface area contributed by atoms with Gasteiger partial charge in [-0.05, 0) is 20.0 Å². The molecule has 0 fully saturated rings. The lowest BCUT2D eigenvalue weighted by molar-refractivity contribution is 0.257. The van der Waals surface area contributed by atoms with Gasteiger partial charge in [0.25, 0.3) is 0 Å². The molecule has 0 aromatic carbocycles. The number of nitrogens with zero attached hydrogens (tertiary/aromatic N) is 2. The zero-order valence-electron chi connectivity index (χ0n) is 9.17. The molecule has 0 bridgehead atoms. The first kappa shape index (κ1) is 10.5. The zero-order chi connectivity index (χ0) is 9.84. The topological polar surface area (TPSA) is 27.6 Å². The van der Waals surface area contributed by atoms with Crippen LogP contribution in [0.25, 0.3) is 0 Å². The van der Waals surface area contributed by atoms with Crippen molar-refractivity contribution >= 4 is 5.71 Å². The van der Waals surface area contributed by atoms with Crippen molar-refractivity contribution < 1.29 is 0 Å². The molecular weight excluding hydrogens is 162 g/mol. The third-order valence-corrected chi connectivity index (χ3v) is 3.02. The highest BCUT2D eigenvalue weighted by molar-refractivity contribution is 5.85. The fourth-order valence-electron chi connectivity index (χ4n) is 1.65. The average Bonchev–Trinajstić information content (AvgIpc) is 2.45. The molecule has 0 amide bonds. The van der Waals surface area contributed by atoms with Crippen molar-refractivity contribution in [2.75, 3.05) is 19.6 Å². The molecule has 76 valence electrons. The predicted octanol–water partition coefficient (Wildman–Crippen LogP) is 1.31. The fraction of sp³-hybridized carbons (Fsp3) is 0.900. The van der Waals surface area contributed by atoms with Crippen LogP contribution in [0.3, 0.4) is 0 Å². The van der Waals surface area contributed by atoms with E-state index >= 15 is 0 Å². The maximum atomic E-state index is 4.26. The summed E-state index contributed by atoms with van der Waals surface area (Å²) in [6, 6.07) is 0.514. The Morgan fingerprint density at radius 2 is 2.00 bits per heavy atom. The van der Waals surface area contributed by atoms with Crippen molar-refractivity contribution in [3.05, 3.63) is 0 Å². The van der Waals surface area contributed by atoms with Gasteiger partial charge in [0.05, 0.1) is 6.04 Å². The summed E-state index contributed by atoms with van der Waals surface area (Å²) in [4.78, 5) is 2.43. The van der Waals surface area contributed by atoms with Crippen LogP contribution >= 0.6 is 0 Å². The van der Waals surface area contributed by atoms with E-state index in [4.69, 9.17) is 0 Å². The minimum Gasteiger partial charge on any atom is -0.305 e. The molecule has 0 unspecified atom stereocenters. The Labute approximate surface area is 81.2 Å². The van der Waals surface area contributed by atoms with E-state index in [0.29, 0.717) is 12.0 Å². The second-order valence-electron chi connectivity index (χ2n) is 3.76. The highest BCUT2D eigenvalue weighted by atomic mass is 15.4. The van der Waals surface area contributed by atoms with Gasteiger partial charge in [-0.2, -0.15) is 5.10 Å². The van der Waals surface area contributed by atoms with E-state index in [1.807, 2.05) is 0 Å². The highest BCUT2D eigenvalue weighted by Crippen LogP contribution is 2.13. The normalized spacial score (nSPS) is 27.6. The number of hydrogen-bond donors (Lipinski definition) is 1. The Bertz CT molecular complexity index is 185. The second kappa shape index (κ2) is 4.61. The summed E-state index contributed by atoms with van der Waals surface area (Å²) >= 11 is 0. The summed E-state index contributed by atoms with van der Waals surface area (Å²) in [7, 11) is 0. The molecular formula is C10H21N3. The summed E-state index contributed by atoms with van der Waals surface area (Å²) in [5.74, 6) is 0.584. The Morgan fingerprint density at radius 1 is 1.38 bits per heavy atom. The Hall–Kier alpha value is -0.570. The quantitative estimate of drug-likeness (QED) is 0.711. The fourth-order valence-corrected chi connectivity index (χ4v) is 1.65. The Balaban J connectivity index is 2.39. The minimum absolute atomic E-state index is 0.514. The van der Waals surface area contributed by atoms with Crippen molar-refractivity contribution in [2.45, 2.75) is 33.7 Å². The van der Waals surface area contributed by atoms with E-state index in [2.05, 4.69) is 43.1 Å². The zero-order valence-corrected chi connectivity index (χ0v) is 9.17. The van der Waals surface area contributed by atoms with Gasteiger partial charge in [-0.15, -0.1) is 0 Å². The maximum absolute atomic E-state index is 4.26. The summed E-state index contributed by atoms with van der Waals surface area (Å²) in [5, 5.41) is 4.26. The van der Waals surface area contributed by atoms with Crippen LogP contribution < -0.4 is 5.43 Å². The molecule has 0 radical (unpaired) electrons. The van der Waals surface area contributed by atoms with E-state index < -0.39 is 0 Å². The van der Waals surface area contributed by atoms with Crippen LogP contribution in [0.2, 0.25) is 0 Å². The summed E-state index contributed by atoms with van der Waals surface area (Å²) < 4.78 is 0. The van der Waals surface area contributed by atoms with E-state index in [-0.39, 0.29) is 0 Å². The van der Waals surface area contributed by atoms with Gasteiger partial charge in [-0.1, -0.05) is 20.8 Å². The van der Waals surface area contributed by atoms with E-state index in [9.17, 15) is 0 Å². The molecule has 1 rings (SSSR count). The Kier molecular flexibility index (Phi) is 3.72. The summed E-state index contributed by atoms with van der Waals surface area (Å²) in [5.41, 5.74) is 4.44. The van der Waals surface area contributed by atoms with Gasteiger partial charge in [0.1, 0.15) is 0 Å². The van der Waals surface area contributed by atoms with Gasteiger partial charge in [-0.25, -0.2) is 0 Å². The average molecular weight is 183 g/mol. The van der Waals surface area contributed by atoms with Crippen LogP contribution in [0, 0.1) is 5.92 Å². The van der Waals surface area contributed by atoms with Gasteiger partial charge in [0.2, 0.25) is 0 Å². The number of hydrogen-bond acceptors (Lipinski definition) is 3. The van der Waals surface area contributed by atoms with Crippen molar-refractivity contribution in [3.8, 4) is 0 Å². The molecule has 1 N–H and O–H groups in total. The maximum Gasteiger partial charge on any atom is 0.0645 e. The molecule has 1 heterocycles. The lowest BCUT2D eigenvalue weighted by Gasteiger charge is -2.24. The first-order valence-corrected chi connectivity index (χ1v) is 5.21. The molecule has 1 aliphatic heterocycles. The van der Waals surface area contributed by atoms with Gasteiger partial charge >= 0.3 is 0 Å². The lowest BCUT2D eigenvalue weighted by Crippen LogP contribution is -2.40. The molecule has 2 atom stereocenters. The van der Waals surface area contributed by atoms with Gasteiger partial charge in [0, 0.05) is 18.2 Å². The smallest absolute Gasteiger partial charge is 0.0645 e. The minimum atomic E-state index is 0.514. The monoisotopic (exact) mass is 183 g/mol. The van der Waals surface area contributed by atoms with Crippen LogP contribution in [0.5, 0.6) is 0 Å². The van der Waals surface area contributed by atoms with Crippen molar-refractivity contribution in [1.29, 1.82) is 0 Å². The Morgan fingerprint density at radius 3 is 2.38 bits per heavy atom. The molecule has 0 aromatic heterocycles. The van der Waals surface area contributed by atoms with Gasteiger partial charge < -0.3 is 10.3 Å². The summed E-state index contributed by atoms with van der Waals surface area (Å²) in [6.07, 6.45) is 0. The molecule has 13 heavy (non-hydrogen) atoms. The standard InChI is InChI=1S/C10H21N3/c1-5-13(6-2)7-10-8(3)9(4)11-12-10/h8,10,12H,5-7H2,1-4H3/t8-,10-/m0/s1. The SMILES string of the molecule is CCN(CC)C[C@@H]1NN=C(C)[C@@H]1C. The number of rotatable bonds is 4. The molecule has 3 nitrogen and oxygen atoms in total. The van der Waals surface area contributed by atoms with Crippen LogP contribution in [0.1, 0.15) is 27.7 Å². The summed E-state index contributed by atoms with van der Waals surface area (Å²) in [6.45, 7) is 12.1. The predicted molar refractivity (Wildman–Crippen MR) is 57.0 cm³/mol. The largest absolute Gasteiger partial charge is 0.305 e. The molecule has 0 spiro atoms. The first-order valence-electron chi connectivity index (χ1n) is 5.21. The molecule has 1 aliphatic rings. The third kappa shape index (κ3) is 2.44. The first-order chi connectivity index (χ1) is 6.19. The number of nitrogens with one attached hydrogen (secondary N) is 1. The number of likely N-dealkylation sites (N-methyl/N-ethyl adjacent to an activating group) is 1. The molecule has 0 saturated heterocycles. The highest BCUT2D eigenvalue weighted by Gasteiger charge is 2.25. The lowest BCUT2D eigenvalue weighted by atomic mass is 9.99. The van der Waals surface area contributed by atoms with Gasteiger partial charge in [-0.3, -0.25) is 0 Å². The van der Waals surface area contributed by atoms with E-state index in [1.54, 1.807) is 0 Å².